The van der Waals surface area contributed by atoms with E-state index >= 15 is 0 Å². The molecular formula is C22H17FN4OS. The number of anilines is 1. The first-order valence-electron chi connectivity index (χ1n) is 8.71. The van der Waals surface area contributed by atoms with Crippen molar-refractivity contribution in [2.45, 2.75) is 6.54 Å². The second-order valence-corrected chi connectivity index (χ2v) is 7.16. The van der Waals surface area contributed by atoms with Crippen molar-refractivity contribution in [1.29, 1.82) is 5.26 Å². The number of benzene rings is 2. The molecule has 7 heteroatoms. The van der Waals surface area contributed by atoms with Crippen LogP contribution in [0.25, 0.3) is 10.2 Å². The molecule has 0 amide bonds. The predicted octanol–water partition coefficient (Wildman–Crippen LogP) is 4.84. The lowest BCUT2D eigenvalue weighted by molar-refractivity contribution is 0.112. The van der Waals surface area contributed by atoms with Crippen molar-refractivity contribution in [3.8, 4) is 6.07 Å². The number of fused-ring (bicyclic) bond motifs is 1. The molecule has 144 valence electrons. The van der Waals surface area contributed by atoms with E-state index in [0.717, 1.165) is 21.7 Å². The van der Waals surface area contributed by atoms with Crippen LogP contribution in [0.1, 0.15) is 21.5 Å². The zero-order valence-electron chi connectivity index (χ0n) is 15.6. The van der Waals surface area contributed by atoms with E-state index in [2.05, 4.69) is 9.97 Å². The third-order valence-corrected chi connectivity index (χ3v) is 5.14. The van der Waals surface area contributed by atoms with Crippen LogP contribution >= 0.6 is 11.3 Å². The predicted molar refractivity (Wildman–Crippen MR) is 112 cm³/mol. The van der Waals surface area contributed by atoms with Crippen LogP contribution in [-0.2, 0) is 6.54 Å². The maximum Gasteiger partial charge on any atom is 0.186 e. The van der Waals surface area contributed by atoms with Crippen LogP contribution in [0.2, 0.25) is 0 Å². The summed E-state index contributed by atoms with van der Waals surface area (Å²) in [7, 11) is 1.95. The molecule has 29 heavy (non-hydrogen) atoms. The first-order chi connectivity index (χ1) is 14.1. The van der Waals surface area contributed by atoms with E-state index in [0.29, 0.717) is 23.2 Å². The van der Waals surface area contributed by atoms with Crippen molar-refractivity contribution in [1.82, 2.24) is 9.97 Å². The van der Waals surface area contributed by atoms with Gasteiger partial charge in [-0.15, -0.1) is 0 Å². The lowest BCUT2D eigenvalue weighted by Crippen LogP contribution is -2.16. The largest absolute Gasteiger partial charge is 0.347 e. The second kappa shape index (κ2) is 9.53. The Hall–Kier alpha value is -3.63. The van der Waals surface area contributed by atoms with Crippen molar-refractivity contribution in [3.63, 3.8) is 0 Å². The number of carbonyl (C=O) groups is 1. The highest BCUT2D eigenvalue weighted by Crippen LogP contribution is 2.30. The van der Waals surface area contributed by atoms with Crippen LogP contribution in [0.3, 0.4) is 0 Å². The van der Waals surface area contributed by atoms with Gasteiger partial charge in [0.15, 0.2) is 5.13 Å². The van der Waals surface area contributed by atoms with Gasteiger partial charge in [0.1, 0.15) is 17.6 Å². The maximum atomic E-state index is 13.6. The smallest absolute Gasteiger partial charge is 0.186 e. The monoisotopic (exact) mass is 404 g/mol. The maximum absolute atomic E-state index is 13.6. The molecule has 2 heterocycles. The molecule has 2 aromatic heterocycles. The lowest BCUT2D eigenvalue weighted by atomic mass is 10.2. The van der Waals surface area contributed by atoms with Gasteiger partial charge >= 0.3 is 0 Å². The van der Waals surface area contributed by atoms with E-state index < -0.39 is 0 Å². The fourth-order valence-corrected chi connectivity index (χ4v) is 3.48. The zero-order valence-corrected chi connectivity index (χ0v) is 16.4. The molecule has 0 radical (unpaired) electrons. The molecule has 4 aromatic rings. The summed E-state index contributed by atoms with van der Waals surface area (Å²) in [5.74, 6) is -0.269. The Morgan fingerprint density at radius 3 is 2.59 bits per heavy atom. The Morgan fingerprint density at radius 1 is 1.17 bits per heavy atom. The third kappa shape index (κ3) is 5.21. The van der Waals surface area contributed by atoms with Gasteiger partial charge in [-0.1, -0.05) is 35.6 Å². The molecule has 4 rings (SSSR count). The van der Waals surface area contributed by atoms with Gasteiger partial charge in [0, 0.05) is 31.5 Å². The Bertz CT molecular complexity index is 1140. The summed E-state index contributed by atoms with van der Waals surface area (Å²) in [5.41, 5.74) is 2.72. The van der Waals surface area contributed by atoms with E-state index in [9.17, 15) is 9.18 Å². The number of para-hydroxylation sites is 1. The molecule has 0 bridgehead atoms. The van der Waals surface area contributed by atoms with E-state index in [-0.39, 0.29) is 5.82 Å². The van der Waals surface area contributed by atoms with Crippen molar-refractivity contribution >= 4 is 33.0 Å². The molecule has 0 unspecified atom stereocenters. The number of nitriles is 1. The summed E-state index contributed by atoms with van der Waals surface area (Å²) in [6.07, 6.45) is 4.32. The summed E-state index contributed by atoms with van der Waals surface area (Å²) in [6.45, 7) is 0.704. The molecule has 5 nitrogen and oxygen atoms in total. The number of hydrogen-bond donors (Lipinski definition) is 0. The number of rotatable bonds is 4. The number of halogens is 1. The van der Waals surface area contributed by atoms with Crippen LogP contribution in [0.15, 0.2) is 67.0 Å². The molecule has 0 fully saturated rings. The molecule has 0 aliphatic carbocycles. The Kier molecular flexibility index (Phi) is 6.61. The van der Waals surface area contributed by atoms with E-state index in [1.54, 1.807) is 36.5 Å². The number of hydrogen-bond acceptors (Lipinski definition) is 6. The van der Waals surface area contributed by atoms with Crippen molar-refractivity contribution in [2.75, 3.05) is 11.9 Å². The summed E-state index contributed by atoms with van der Waals surface area (Å²) < 4.78 is 14.5. The van der Waals surface area contributed by atoms with E-state index in [4.69, 9.17) is 5.26 Å². The van der Waals surface area contributed by atoms with Gasteiger partial charge < -0.3 is 4.90 Å². The summed E-state index contributed by atoms with van der Waals surface area (Å²) >= 11 is 1.49. The van der Waals surface area contributed by atoms with Crippen LogP contribution < -0.4 is 4.90 Å². The van der Waals surface area contributed by atoms with Gasteiger partial charge in [0.25, 0.3) is 0 Å². The first-order valence-corrected chi connectivity index (χ1v) is 9.53. The molecule has 0 aliphatic rings. The molecule has 2 aromatic carbocycles. The molecule has 0 aliphatic heterocycles. The number of nitrogens with zero attached hydrogens (tertiary/aromatic N) is 4. The SMILES string of the molecule is CN(Cc1cccnc1)c1nc2c(F)cccc2s1.N#Cc1ccc(C=O)cc1. The van der Waals surface area contributed by atoms with Crippen molar-refractivity contribution in [2.24, 2.45) is 0 Å². The summed E-state index contributed by atoms with van der Waals surface area (Å²) in [6, 6.07) is 17.4. The third-order valence-electron chi connectivity index (χ3n) is 4.00. The van der Waals surface area contributed by atoms with Crippen LogP contribution in [0.5, 0.6) is 0 Å². The second-order valence-electron chi connectivity index (χ2n) is 6.15. The highest BCUT2D eigenvalue weighted by Gasteiger charge is 2.11. The average molecular weight is 404 g/mol. The van der Waals surface area contributed by atoms with Gasteiger partial charge in [0.2, 0.25) is 0 Å². The summed E-state index contributed by atoms with van der Waals surface area (Å²) in [4.78, 5) is 20.6. The van der Waals surface area contributed by atoms with Gasteiger partial charge in [-0.3, -0.25) is 9.78 Å². The normalized spacial score (nSPS) is 9.97. The molecule has 0 N–H and O–H groups in total. The molecule has 0 saturated carbocycles. The number of pyridine rings is 1. The van der Waals surface area contributed by atoms with Gasteiger partial charge in [-0.25, -0.2) is 9.37 Å². The molecule has 0 saturated heterocycles. The highest BCUT2D eigenvalue weighted by molar-refractivity contribution is 7.22. The average Bonchev–Trinajstić information content (AvgIpc) is 3.21. The van der Waals surface area contributed by atoms with E-state index in [1.807, 2.05) is 42.4 Å². The van der Waals surface area contributed by atoms with Crippen molar-refractivity contribution in [3.05, 3.63) is 89.5 Å². The lowest BCUT2D eigenvalue weighted by Gasteiger charge is -2.14. The van der Waals surface area contributed by atoms with Gasteiger partial charge in [-0.05, 0) is 35.9 Å². The first kappa shape index (κ1) is 20.1. The minimum Gasteiger partial charge on any atom is -0.347 e. The number of carbonyl (C=O) groups excluding carboxylic acids is 1. The number of aldehydes is 1. The number of aromatic nitrogens is 2. The van der Waals surface area contributed by atoms with E-state index in [1.165, 1.54) is 17.4 Å². The fraction of sp³-hybridized carbons (Fsp3) is 0.0909. The fourth-order valence-electron chi connectivity index (χ4n) is 2.54. The molecule has 0 spiro atoms. The van der Waals surface area contributed by atoms with Crippen LogP contribution in [0, 0.1) is 17.1 Å². The Balaban J connectivity index is 0.000000204. The van der Waals surface area contributed by atoms with Crippen molar-refractivity contribution < 1.29 is 9.18 Å². The standard InChI is InChI=1S/C14H12FN3S.C8H5NO/c1-18(9-10-4-3-7-16-8-10)14-17-13-11(15)5-2-6-12(13)19-14;9-5-7-1-3-8(6-10)4-2-7/h2-8H,9H2,1H3;1-4,6H. The van der Waals surface area contributed by atoms with Crippen LogP contribution in [0.4, 0.5) is 9.52 Å². The minimum absolute atomic E-state index is 0.269. The Morgan fingerprint density at radius 2 is 1.97 bits per heavy atom. The molecule has 0 atom stereocenters. The summed E-state index contributed by atoms with van der Waals surface area (Å²) in [5, 5.41) is 9.17. The topological polar surface area (TPSA) is 69.9 Å². The number of thiazole rings is 1. The quantitative estimate of drug-likeness (QED) is 0.455. The minimum atomic E-state index is -0.269. The Labute approximate surface area is 171 Å². The highest BCUT2D eigenvalue weighted by atomic mass is 32.1. The van der Waals surface area contributed by atoms with Gasteiger partial charge in [-0.2, -0.15) is 5.26 Å². The molecular weight excluding hydrogens is 387 g/mol. The van der Waals surface area contributed by atoms with Gasteiger partial charge in [0.05, 0.1) is 16.3 Å². The van der Waals surface area contributed by atoms with Crippen LogP contribution in [-0.4, -0.2) is 23.3 Å². The zero-order chi connectivity index (χ0) is 20.6.